The fourth-order valence-electron chi connectivity index (χ4n) is 3.31. The lowest BCUT2D eigenvalue weighted by Crippen LogP contribution is -2.36. The largest absolute Gasteiger partial charge is 0.459 e. The van der Waals surface area contributed by atoms with Crippen molar-refractivity contribution >= 4 is 17.8 Å². The van der Waals surface area contributed by atoms with Crippen LogP contribution in [0.15, 0.2) is 78.9 Å². The van der Waals surface area contributed by atoms with Gasteiger partial charge < -0.3 is 14.4 Å². The molecule has 0 heterocycles. The van der Waals surface area contributed by atoms with Gasteiger partial charge in [-0.2, -0.15) is 13.2 Å². The van der Waals surface area contributed by atoms with Gasteiger partial charge in [-0.25, -0.2) is 9.59 Å². The van der Waals surface area contributed by atoms with Crippen LogP contribution in [-0.4, -0.2) is 29.4 Å². The van der Waals surface area contributed by atoms with E-state index < -0.39 is 29.6 Å². The average molecular weight is 499 g/mol. The minimum absolute atomic E-state index is 0.00151. The van der Waals surface area contributed by atoms with Crippen molar-refractivity contribution < 1.29 is 37.0 Å². The van der Waals surface area contributed by atoms with Gasteiger partial charge in [0, 0.05) is 13.1 Å². The van der Waals surface area contributed by atoms with E-state index in [9.17, 15) is 27.6 Å². The van der Waals surface area contributed by atoms with Gasteiger partial charge >= 0.3 is 24.0 Å². The Kier molecular flexibility index (Phi) is 8.83. The zero-order chi connectivity index (χ0) is 26.1. The highest BCUT2D eigenvalue weighted by Gasteiger charge is 2.30. The third kappa shape index (κ3) is 7.43. The Morgan fingerprint density at radius 1 is 0.750 bits per heavy atom. The van der Waals surface area contributed by atoms with Crippen LogP contribution in [-0.2, 0) is 44.9 Å². The number of rotatable bonds is 8. The summed E-state index contributed by atoms with van der Waals surface area (Å²) in [6.45, 7) is 1.53. The number of amides is 1. The number of halogens is 3. The lowest BCUT2D eigenvalue weighted by atomic mass is 10.1. The number of carbonyl (C=O) groups is 3. The Morgan fingerprint density at radius 2 is 1.31 bits per heavy atom. The van der Waals surface area contributed by atoms with E-state index in [1.165, 1.54) is 29.2 Å². The molecule has 0 saturated carbocycles. The number of hydrogen-bond donors (Lipinski definition) is 0. The SMILES string of the molecule is CCOC(=O)C(=O)N(Cc1ccc(C(=O)OCc2ccccc2)cc1)Cc1ccc(C(F)(F)F)cc1. The van der Waals surface area contributed by atoms with Crippen LogP contribution in [0.2, 0.25) is 0 Å². The van der Waals surface area contributed by atoms with Crippen LogP contribution in [0.3, 0.4) is 0 Å². The first kappa shape index (κ1) is 26.5. The maximum Gasteiger partial charge on any atom is 0.416 e. The van der Waals surface area contributed by atoms with Gasteiger partial charge in [-0.05, 0) is 47.9 Å². The highest BCUT2D eigenvalue weighted by molar-refractivity contribution is 6.32. The molecule has 0 bridgehead atoms. The van der Waals surface area contributed by atoms with Crippen molar-refractivity contribution in [3.05, 3.63) is 107 Å². The van der Waals surface area contributed by atoms with Gasteiger partial charge in [0.05, 0.1) is 17.7 Å². The van der Waals surface area contributed by atoms with E-state index in [1.807, 2.05) is 30.3 Å². The number of benzene rings is 3. The lowest BCUT2D eigenvalue weighted by Gasteiger charge is -2.22. The van der Waals surface area contributed by atoms with Crippen molar-refractivity contribution in [2.24, 2.45) is 0 Å². The Bertz CT molecular complexity index is 1180. The molecule has 0 unspecified atom stereocenters. The molecule has 188 valence electrons. The molecule has 0 aliphatic heterocycles. The number of ether oxygens (including phenoxy) is 2. The lowest BCUT2D eigenvalue weighted by molar-refractivity contribution is -0.160. The smallest absolute Gasteiger partial charge is 0.416 e. The molecule has 0 atom stereocenters. The summed E-state index contributed by atoms with van der Waals surface area (Å²) in [4.78, 5) is 38.2. The molecule has 0 spiro atoms. The molecule has 9 heteroatoms. The zero-order valence-electron chi connectivity index (χ0n) is 19.5. The van der Waals surface area contributed by atoms with Gasteiger partial charge in [0.15, 0.2) is 0 Å². The Labute approximate surface area is 206 Å². The summed E-state index contributed by atoms with van der Waals surface area (Å²) >= 11 is 0. The monoisotopic (exact) mass is 499 g/mol. The number of carbonyl (C=O) groups excluding carboxylic acids is 3. The van der Waals surface area contributed by atoms with Crippen molar-refractivity contribution in [1.82, 2.24) is 4.90 Å². The fourth-order valence-corrected chi connectivity index (χ4v) is 3.31. The third-order valence-electron chi connectivity index (χ3n) is 5.17. The molecule has 0 aliphatic rings. The van der Waals surface area contributed by atoms with Crippen LogP contribution in [0.1, 0.15) is 39.5 Å². The number of hydrogen-bond acceptors (Lipinski definition) is 5. The molecule has 3 aromatic rings. The summed E-state index contributed by atoms with van der Waals surface area (Å²) in [5, 5.41) is 0. The van der Waals surface area contributed by atoms with E-state index in [1.54, 1.807) is 19.1 Å². The van der Waals surface area contributed by atoms with Crippen LogP contribution in [0, 0.1) is 0 Å². The number of nitrogens with zero attached hydrogens (tertiary/aromatic N) is 1. The minimum atomic E-state index is -4.48. The summed E-state index contributed by atoms with van der Waals surface area (Å²) in [6.07, 6.45) is -4.48. The summed E-state index contributed by atoms with van der Waals surface area (Å²) in [5.74, 6) is -2.51. The van der Waals surface area contributed by atoms with Crippen LogP contribution >= 0.6 is 0 Å². The molecule has 0 aliphatic carbocycles. The van der Waals surface area contributed by atoms with Gasteiger partial charge in [-0.15, -0.1) is 0 Å². The fraction of sp³-hybridized carbons (Fsp3) is 0.222. The molecule has 0 aromatic heterocycles. The van der Waals surface area contributed by atoms with E-state index in [2.05, 4.69) is 0 Å². The molecule has 36 heavy (non-hydrogen) atoms. The van der Waals surface area contributed by atoms with Crippen molar-refractivity contribution in [3.63, 3.8) is 0 Å². The maximum absolute atomic E-state index is 12.9. The van der Waals surface area contributed by atoms with Crippen molar-refractivity contribution in [2.75, 3.05) is 6.61 Å². The molecular weight excluding hydrogens is 475 g/mol. The van der Waals surface area contributed by atoms with Gasteiger partial charge in [-0.1, -0.05) is 54.6 Å². The van der Waals surface area contributed by atoms with Crippen LogP contribution in [0.5, 0.6) is 0 Å². The van der Waals surface area contributed by atoms with E-state index in [0.29, 0.717) is 16.7 Å². The quantitative estimate of drug-likeness (QED) is 0.317. The second-order valence-corrected chi connectivity index (χ2v) is 7.84. The van der Waals surface area contributed by atoms with Crippen molar-refractivity contribution in [3.8, 4) is 0 Å². The highest BCUT2D eigenvalue weighted by atomic mass is 19.4. The normalized spacial score (nSPS) is 11.0. The topological polar surface area (TPSA) is 72.9 Å². The van der Waals surface area contributed by atoms with Crippen LogP contribution < -0.4 is 0 Å². The number of alkyl halides is 3. The number of esters is 2. The second kappa shape index (κ2) is 12.0. The summed E-state index contributed by atoms with van der Waals surface area (Å²) in [7, 11) is 0. The van der Waals surface area contributed by atoms with Gasteiger partial charge in [0.25, 0.3) is 0 Å². The molecule has 0 N–H and O–H groups in total. The predicted octanol–water partition coefficient (Wildman–Crippen LogP) is 5.15. The summed E-state index contributed by atoms with van der Waals surface area (Å²) in [6, 6.07) is 19.8. The zero-order valence-corrected chi connectivity index (χ0v) is 19.5. The van der Waals surface area contributed by atoms with E-state index in [4.69, 9.17) is 9.47 Å². The Morgan fingerprint density at radius 3 is 1.83 bits per heavy atom. The van der Waals surface area contributed by atoms with Crippen LogP contribution in [0.25, 0.3) is 0 Å². The molecule has 0 radical (unpaired) electrons. The first-order chi connectivity index (χ1) is 17.2. The summed E-state index contributed by atoms with van der Waals surface area (Å²) in [5.41, 5.74) is 1.34. The predicted molar refractivity (Wildman–Crippen MR) is 124 cm³/mol. The molecule has 3 rings (SSSR count). The third-order valence-corrected chi connectivity index (χ3v) is 5.17. The summed E-state index contributed by atoms with van der Waals surface area (Å²) < 4.78 is 48.7. The molecule has 0 fully saturated rings. The van der Waals surface area contributed by atoms with Crippen molar-refractivity contribution in [1.29, 1.82) is 0 Å². The Balaban J connectivity index is 1.70. The first-order valence-electron chi connectivity index (χ1n) is 11.1. The molecule has 6 nitrogen and oxygen atoms in total. The van der Waals surface area contributed by atoms with Crippen LogP contribution in [0.4, 0.5) is 13.2 Å². The van der Waals surface area contributed by atoms with Gasteiger partial charge in [0.2, 0.25) is 0 Å². The van der Waals surface area contributed by atoms with Gasteiger partial charge in [-0.3, -0.25) is 4.79 Å². The molecule has 0 saturated heterocycles. The molecule has 1 amide bonds. The first-order valence-corrected chi connectivity index (χ1v) is 11.1. The highest BCUT2D eigenvalue weighted by Crippen LogP contribution is 2.29. The minimum Gasteiger partial charge on any atom is -0.459 e. The van der Waals surface area contributed by atoms with E-state index in [-0.39, 0.29) is 26.3 Å². The second-order valence-electron chi connectivity index (χ2n) is 7.84. The van der Waals surface area contributed by atoms with E-state index in [0.717, 1.165) is 17.7 Å². The average Bonchev–Trinajstić information content (AvgIpc) is 2.87. The van der Waals surface area contributed by atoms with Crippen molar-refractivity contribution in [2.45, 2.75) is 32.8 Å². The van der Waals surface area contributed by atoms with Gasteiger partial charge in [0.1, 0.15) is 6.61 Å². The molecule has 3 aromatic carbocycles. The molecular formula is C27H24F3NO5. The standard InChI is InChI=1S/C27H24F3NO5/c1-2-35-26(34)24(32)31(17-20-10-14-23(15-11-20)27(28,29)30)16-19-8-12-22(13-9-19)25(33)36-18-21-6-4-3-5-7-21/h3-15H,2,16-18H2,1H3. The maximum atomic E-state index is 12.9. The van der Waals surface area contributed by atoms with E-state index >= 15 is 0 Å². The Hall–Kier alpha value is -4.14.